The predicted octanol–water partition coefficient (Wildman–Crippen LogP) is -1.07. The van der Waals surface area contributed by atoms with Gasteiger partial charge in [-0.05, 0) is 0 Å². The molecular weight excluding hydrogens is 200 g/mol. The van der Waals surface area contributed by atoms with Crippen molar-refractivity contribution < 1.29 is 14.1 Å². The highest BCUT2D eigenvalue weighted by Gasteiger charge is 2.12. The molecule has 1 rings (SSSR count). The van der Waals surface area contributed by atoms with Gasteiger partial charge < -0.3 is 15.2 Å². The second kappa shape index (κ2) is 5.39. The van der Waals surface area contributed by atoms with Gasteiger partial charge >= 0.3 is 11.8 Å². The molecule has 2 N–H and O–H groups in total. The Morgan fingerprint density at radius 2 is 2.20 bits per heavy atom. The quantitative estimate of drug-likeness (QED) is 0.485. The van der Waals surface area contributed by atoms with Gasteiger partial charge in [-0.15, -0.1) is 0 Å². The zero-order valence-electron chi connectivity index (χ0n) is 7.69. The van der Waals surface area contributed by atoms with Gasteiger partial charge in [0.2, 0.25) is 0 Å². The lowest BCUT2D eigenvalue weighted by atomic mass is 10.4. The Morgan fingerprint density at radius 1 is 1.47 bits per heavy atom. The molecule has 1 aromatic rings. The normalized spacial score (nSPS) is 9.00. The molecule has 0 aliphatic rings. The van der Waals surface area contributed by atoms with Crippen molar-refractivity contribution in [2.45, 2.75) is 6.54 Å². The minimum atomic E-state index is -0.851. The fourth-order valence-corrected chi connectivity index (χ4v) is 0.781. The second-order valence-corrected chi connectivity index (χ2v) is 2.50. The minimum absolute atomic E-state index is 0.0821. The highest BCUT2D eigenvalue weighted by atomic mass is 16.5. The fraction of sp³-hybridized carbons (Fsp3) is 0.250. The lowest BCUT2D eigenvalue weighted by Gasteiger charge is -2.01. The molecule has 1 aromatic heterocycles. The second-order valence-electron chi connectivity index (χ2n) is 2.50. The van der Waals surface area contributed by atoms with E-state index in [2.05, 4.69) is 15.8 Å². The molecule has 2 amide bonds. The van der Waals surface area contributed by atoms with Gasteiger partial charge in [0.15, 0.2) is 5.76 Å². The van der Waals surface area contributed by atoms with E-state index in [1.165, 1.54) is 6.20 Å². The van der Waals surface area contributed by atoms with Gasteiger partial charge in [0.1, 0.15) is 6.54 Å². The largest absolute Gasteiger partial charge is 0.360 e. The van der Waals surface area contributed by atoms with Crippen LogP contribution in [0.15, 0.2) is 16.8 Å². The monoisotopic (exact) mass is 208 g/mol. The Bertz CT molecular complexity index is 379. The van der Waals surface area contributed by atoms with E-state index in [-0.39, 0.29) is 13.1 Å². The number of rotatable bonds is 3. The third kappa shape index (κ3) is 3.48. The summed E-state index contributed by atoms with van der Waals surface area (Å²) in [5.74, 6) is -1.23. The Labute approximate surface area is 85.0 Å². The van der Waals surface area contributed by atoms with Crippen molar-refractivity contribution >= 4 is 11.8 Å². The standard InChI is InChI=1S/C8H8N4O3/c9-2-4-10-7(13)8(14)11-5-6-1-3-12-15-6/h1,3H,4-5H2,(H,10,13)(H,11,14). The first-order valence-electron chi connectivity index (χ1n) is 4.06. The summed E-state index contributed by atoms with van der Waals surface area (Å²) in [5.41, 5.74) is 0. The third-order valence-electron chi connectivity index (χ3n) is 1.45. The van der Waals surface area contributed by atoms with Crippen LogP contribution >= 0.6 is 0 Å². The summed E-state index contributed by atoms with van der Waals surface area (Å²) in [4.78, 5) is 22.0. The molecule has 1 heterocycles. The minimum Gasteiger partial charge on any atom is -0.360 e. The van der Waals surface area contributed by atoms with Crippen molar-refractivity contribution in [3.8, 4) is 6.07 Å². The molecule has 0 unspecified atom stereocenters. The van der Waals surface area contributed by atoms with Crippen LogP contribution in [0.5, 0.6) is 0 Å². The van der Waals surface area contributed by atoms with E-state index in [9.17, 15) is 9.59 Å². The lowest BCUT2D eigenvalue weighted by Crippen LogP contribution is -2.39. The van der Waals surface area contributed by atoms with Gasteiger partial charge in [-0.1, -0.05) is 5.16 Å². The van der Waals surface area contributed by atoms with E-state index in [0.29, 0.717) is 5.76 Å². The molecule has 7 heteroatoms. The molecule has 0 aliphatic heterocycles. The highest BCUT2D eigenvalue weighted by Crippen LogP contribution is 1.94. The zero-order valence-corrected chi connectivity index (χ0v) is 7.69. The Balaban J connectivity index is 2.30. The molecule has 78 valence electrons. The van der Waals surface area contributed by atoms with Gasteiger partial charge in [0, 0.05) is 6.07 Å². The molecule has 0 aromatic carbocycles. The van der Waals surface area contributed by atoms with Crippen molar-refractivity contribution in [3.05, 3.63) is 18.0 Å². The summed E-state index contributed by atoms with van der Waals surface area (Å²) >= 11 is 0. The molecular formula is C8H8N4O3. The molecule has 0 fully saturated rings. The van der Waals surface area contributed by atoms with Crippen molar-refractivity contribution in [1.29, 1.82) is 5.26 Å². The molecule has 0 bridgehead atoms. The van der Waals surface area contributed by atoms with Crippen molar-refractivity contribution in [2.24, 2.45) is 0 Å². The molecule has 0 atom stereocenters. The molecule has 7 nitrogen and oxygen atoms in total. The van der Waals surface area contributed by atoms with Crippen LogP contribution in [0.4, 0.5) is 0 Å². The van der Waals surface area contributed by atoms with Gasteiger partial charge in [0.05, 0.1) is 18.8 Å². The van der Waals surface area contributed by atoms with E-state index in [4.69, 9.17) is 9.78 Å². The molecule has 0 saturated heterocycles. The summed E-state index contributed by atoms with van der Waals surface area (Å²) in [7, 11) is 0. The maximum Gasteiger partial charge on any atom is 0.310 e. The first kappa shape index (κ1) is 10.7. The maximum absolute atomic E-state index is 11.0. The summed E-state index contributed by atoms with van der Waals surface area (Å²) in [6.07, 6.45) is 1.43. The number of nitrogens with zero attached hydrogens (tertiary/aromatic N) is 2. The average Bonchev–Trinajstić information content (AvgIpc) is 2.75. The first-order chi connectivity index (χ1) is 7.24. The van der Waals surface area contributed by atoms with Crippen LogP contribution in [0.1, 0.15) is 5.76 Å². The first-order valence-corrected chi connectivity index (χ1v) is 4.06. The lowest BCUT2D eigenvalue weighted by molar-refractivity contribution is -0.139. The van der Waals surface area contributed by atoms with E-state index < -0.39 is 11.8 Å². The number of hydrogen-bond acceptors (Lipinski definition) is 5. The van der Waals surface area contributed by atoms with Crippen LogP contribution in [0, 0.1) is 11.3 Å². The Morgan fingerprint density at radius 3 is 2.80 bits per heavy atom. The highest BCUT2D eigenvalue weighted by molar-refractivity contribution is 6.35. The number of aromatic nitrogens is 1. The molecule has 0 spiro atoms. The van der Waals surface area contributed by atoms with E-state index in [0.717, 1.165) is 0 Å². The number of carbonyl (C=O) groups excluding carboxylic acids is 2. The Kier molecular flexibility index (Phi) is 3.85. The van der Waals surface area contributed by atoms with Crippen LogP contribution in [0.3, 0.4) is 0 Å². The van der Waals surface area contributed by atoms with Crippen LogP contribution in [-0.4, -0.2) is 23.5 Å². The van der Waals surface area contributed by atoms with Crippen LogP contribution in [-0.2, 0) is 16.1 Å². The number of amides is 2. The molecule has 15 heavy (non-hydrogen) atoms. The van der Waals surface area contributed by atoms with Crippen molar-refractivity contribution in [2.75, 3.05) is 6.54 Å². The summed E-state index contributed by atoms with van der Waals surface area (Å²) < 4.78 is 4.70. The van der Waals surface area contributed by atoms with Crippen molar-refractivity contribution in [3.63, 3.8) is 0 Å². The number of nitriles is 1. The SMILES string of the molecule is N#CCNC(=O)C(=O)NCc1ccno1. The van der Waals surface area contributed by atoms with Gasteiger partial charge in [-0.25, -0.2) is 0 Å². The van der Waals surface area contributed by atoms with E-state index >= 15 is 0 Å². The topological polar surface area (TPSA) is 108 Å². The van der Waals surface area contributed by atoms with Gasteiger partial charge in [-0.3, -0.25) is 9.59 Å². The van der Waals surface area contributed by atoms with Crippen LogP contribution < -0.4 is 10.6 Å². The Hall–Kier alpha value is -2.36. The maximum atomic E-state index is 11.0. The number of nitrogens with one attached hydrogen (secondary N) is 2. The fourth-order valence-electron chi connectivity index (χ4n) is 0.781. The number of carbonyl (C=O) groups is 2. The number of hydrogen-bond donors (Lipinski definition) is 2. The summed E-state index contributed by atoms with van der Waals surface area (Å²) in [6.45, 7) is -0.118. The zero-order chi connectivity index (χ0) is 11.1. The summed E-state index contributed by atoms with van der Waals surface area (Å²) in [5, 5.41) is 16.0. The van der Waals surface area contributed by atoms with E-state index in [1.54, 1.807) is 12.1 Å². The van der Waals surface area contributed by atoms with Crippen molar-refractivity contribution in [1.82, 2.24) is 15.8 Å². The van der Waals surface area contributed by atoms with E-state index in [1.807, 2.05) is 0 Å². The summed E-state index contributed by atoms with van der Waals surface area (Å²) in [6, 6.07) is 3.25. The average molecular weight is 208 g/mol. The predicted molar refractivity (Wildman–Crippen MR) is 47.0 cm³/mol. The van der Waals surface area contributed by atoms with Crippen LogP contribution in [0.2, 0.25) is 0 Å². The smallest absolute Gasteiger partial charge is 0.310 e. The van der Waals surface area contributed by atoms with Gasteiger partial charge in [-0.2, -0.15) is 5.26 Å². The van der Waals surface area contributed by atoms with Gasteiger partial charge in [0.25, 0.3) is 0 Å². The third-order valence-corrected chi connectivity index (χ3v) is 1.45. The molecule has 0 saturated carbocycles. The molecule has 0 aliphatic carbocycles. The van der Waals surface area contributed by atoms with Crippen LogP contribution in [0.25, 0.3) is 0 Å². The molecule has 0 radical (unpaired) electrons.